The van der Waals surface area contributed by atoms with Crippen LogP contribution in [-0.4, -0.2) is 48.7 Å². The smallest absolute Gasteiger partial charge is 0.310 e. The van der Waals surface area contributed by atoms with Crippen LogP contribution in [0.1, 0.15) is 17.3 Å². The summed E-state index contributed by atoms with van der Waals surface area (Å²) >= 11 is 3.30. The van der Waals surface area contributed by atoms with Gasteiger partial charge in [-0.25, -0.2) is 0 Å². The van der Waals surface area contributed by atoms with Crippen molar-refractivity contribution >= 4 is 27.8 Å². The van der Waals surface area contributed by atoms with E-state index < -0.39 is 5.92 Å². The summed E-state index contributed by atoms with van der Waals surface area (Å²) in [7, 11) is 1.31. The lowest BCUT2D eigenvalue weighted by Crippen LogP contribution is -2.39. The molecule has 0 aliphatic rings. The molecule has 0 radical (unpaired) electrons. The van der Waals surface area contributed by atoms with Crippen molar-refractivity contribution in [1.29, 1.82) is 0 Å². The van der Waals surface area contributed by atoms with Gasteiger partial charge in [0.25, 0.3) is 5.91 Å². The Morgan fingerprint density at radius 3 is 2.45 bits per heavy atom. The van der Waals surface area contributed by atoms with Gasteiger partial charge in [0.1, 0.15) is 0 Å². The van der Waals surface area contributed by atoms with Crippen LogP contribution < -0.4 is 0 Å². The maximum absolute atomic E-state index is 12.3. The van der Waals surface area contributed by atoms with Crippen LogP contribution in [0, 0.1) is 5.92 Å². The quantitative estimate of drug-likeness (QED) is 0.798. The van der Waals surface area contributed by atoms with Crippen molar-refractivity contribution in [3.05, 3.63) is 34.3 Å². The summed E-state index contributed by atoms with van der Waals surface area (Å²) in [6, 6.07) is 6.93. The van der Waals surface area contributed by atoms with E-state index in [9.17, 15) is 9.59 Å². The number of aliphatic hydroxyl groups excluding tert-OH is 1. The molecule has 0 fully saturated rings. The minimum atomic E-state index is -0.439. The van der Waals surface area contributed by atoms with Gasteiger partial charge in [0.15, 0.2) is 0 Å². The fourth-order valence-corrected chi connectivity index (χ4v) is 2.04. The summed E-state index contributed by atoms with van der Waals surface area (Å²) in [6.07, 6.45) is 0. The van der Waals surface area contributed by atoms with Gasteiger partial charge in [0.05, 0.1) is 19.6 Å². The van der Waals surface area contributed by atoms with E-state index in [-0.39, 0.29) is 31.6 Å². The molecule has 0 spiro atoms. The molecular formula is C14H18BrNO4. The second-order valence-electron chi connectivity index (χ2n) is 4.41. The van der Waals surface area contributed by atoms with Crippen LogP contribution in [-0.2, 0) is 9.53 Å². The summed E-state index contributed by atoms with van der Waals surface area (Å²) in [4.78, 5) is 25.2. The van der Waals surface area contributed by atoms with E-state index in [4.69, 9.17) is 5.11 Å². The second-order valence-corrected chi connectivity index (χ2v) is 5.32. The van der Waals surface area contributed by atoms with Crippen molar-refractivity contribution in [3.63, 3.8) is 0 Å². The molecule has 0 aromatic heterocycles. The largest absolute Gasteiger partial charge is 0.469 e. The third kappa shape index (κ3) is 4.61. The van der Waals surface area contributed by atoms with Crippen molar-refractivity contribution in [1.82, 2.24) is 4.90 Å². The van der Waals surface area contributed by atoms with E-state index in [1.807, 2.05) is 0 Å². The van der Waals surface area contributed by atoms with Gasteiger partial charge in [-0.2, -0.15) is 0 Å². The fourth-order valence-electron chi connectivity index (χ4n) is 1.78. The topological polar surface area (TPSA) is 66.8 Å². The molecule has 1 N–H and O–H groups in total. The lowest BCUT2D eigenvalue weighted by Gasteiger charge is -2.24. The number of nitrogens with zero attached hydrogens (tertiary/aromatic N) is 1. The second kappa shape index (κ2) is 8.01. The zero-order valence-electron chi connectivity index (χ0n) is 11.5. The first-order valence-corrected chi connectivity index (χ1v) is 7.02. The number of carbonyl (C=O) groups is 2. The number of hydrogen-bond donors (Lipinski definition) is 1. The Morgan fingerprint density at radius 2 is 1.95 bits per heavy atom. The summed E-state index contributed by atoms with van der Waals surface area (Å²) in [5.74, 6) is -1.04. The standard InChI is InChI=1S/C14H18BrNO4/c1-10(14(19)20-2)9-16(7-8-17)13(18)11-3-5-12(15)6-4-11/h3-6,10,17H,7-9H2,1-2H3. The van der Waals surface area contributed by atoms with Crippen LogP contribution in [0.2, 0.25) is 0 Å². The van der Waals surface area contributed by atoms with Gasteiger partial charge in [0, 0.05) is 23.1 Å². The highest BCUT2D eigenvalue weighted by molar-refractivity contribution is 9.10. The first-order valence-electron chi connectivity index (χ1n) is 6.23. The molecule has 0 saturated heterocycles. The van der Waals surface area contributed by atoms with Crippen LogP contribution in [0.3, 0.4) is 0 Å². The number of rotatable bonds is 6. The van der Waals surface area contributed by atoms with Gasteiger partial charge in [-0.05, 0) is 24.3 Å². The zero-order valence-corrected chi connectivity index (χ0v) is 13.1. The highest BCUT2D eigenvalue weighted by Crippen LogP contribution is 2.13. The zero-order chi connectivity index (χ0) is 15.1. The van der Waals surface area contributed by atoms with E-state index in [0.29, 0.717) is 5.56 Å². The molecule has 1 rings (SSSR count). The Hall–Kier alpha value is -1.40. The maximum atomic E-state index is 12.3. The fraction of sp³-hybridized carbons (Fsp3) is 0.429. The molecule has 0 aliphatic heterocycles. The van der Waals surface area contributed by atoms with Crippen LogP contribution in [0.4, 0.5) is 0 Å². The third-order valence-electron chi connectivity index (χ3n) is 2.85. The number of methoxy groups -OCH3 is 1. The molecule has 0 bridgehead atoms. The molecule has 5 nitrogen and oxygen atoms in total. The minimum Gasteiger partial charge on any atom is -0.469 e. The molecule has 1 unspecified atom stereocenters. The molecule has 6 heteroatoms. The molecule has 1 aromatic rings. The van der Waals surface area contributed by atoms with E-state index in [0.717, 1.165) is 4.47 Å². The number of benzene rings is 1. The van der Waals surface area contributed by atoms with Crippen molar-refractivity contribution in [2.45, 2.75) is 6.92 Å². The van der Waals surface area contributed by atoms with E-state index in [1.165, 1.54) is 12.0 Å². The first kappa shape index (κ1) is 16.7. The predicted molar refractivity (Wildman–Crippen MR) is 78.3 cm³/mol. The van der Waals surface area contributed by atoms with Crippen LogP contribution in [0.5, 0.6) is 0 Å². The lowest BCUT2D eigenvalue weighted by molar-refractivity contribution is -0.145. The number of esters is 1. The number of halogens is 1. The van der Waals surface area contributed by atoms with Crippen molar-refractivity contribution in [3.8, 4) is 0 Å². The SMILES string of the molecule is COC(=O)C(C)CN(CCO)C(=O)c1ccc(Br)cc1. The monoisotopic (exact) mass is 343 g/mol. The Labute approximate surface area is 126 Å². The Kier molecular flexibility index (Phi) is 6.67. The van der Waals surface area contributed by atoms with Gasteiger partial charge in [-0.1, -0.05) is 22.9 Å². The Bertz CT molecular complexity index is 461. The molecule has 0 aliphatic carbocycles. The van der Waals surface area contributed by atoms with Gasteiger partial charge in [0.2, 0.25) is 0 Å². The number of carbonyl (C=O) groups excluding carboxylic acids is 2. The Balaban J connectivity index is 2.81. The highest BCUT2D eigenvalue weighted by atomic mass is 79.9. The maximum Gasteiger partial charge on any atom is 0.310 e. The molecule has 0 saturated carbocycles. The molecule has 0 heterocycles. The van der Waals surface area contributed by atoms with Crippen LogP contribution in [0.15, 0.2) is 28.7 Å². The van der Waals surface area contributed by atoms with Gasteiger partial charge >= 0.3 is 5.97 Å². The molecule has 20 heavy (non-hydrogen) atoms. The van der Waals surface area contributed by atoms with E-state index in [2.05, 4.69) is 20.7 Å². The summed E-state index contributed by atoms with van der Waals surface area (Å²) in [6.45, 7) is 1.92. The number of hydrogen-bond acceptors (Lipinski definition) is 4. The molecular weight excluding hydrogens is 326 g/mol. The summed E-state index contributed by atoms with van der Waals surface area (Å²) < 4.78 is 5.53. The molecule has 110 valence electrons. The minimum absolute atomic E-state index is 0.157. The van der Waals surface area contributed by atoms with Crippen LogP contribution >= 0.6 is 15.9 Å². The number of ether oxygens (including phenoxy) is 1. The van der Waals surface area contributed by atoms with Crippen molar-refractivity contribution in [2.75, 3.05) is 26.8 Å². The lowest BCUT2D eigenvalue weighted by atomic mass is 10.1. The highest BCUT2D eigenvalue weighted by Gasteiger charge is 2.22. The number of amides is 1. The summed E-state index contributed by atoms with van der Waals surface area (Å²) in [5.41, 5.74) is 0.513. The Morgan fingerprint density at radius 1 is 1.35 bits per heavy atom. The van der Waals surface area contributed by atoms with Crippen molar-refractivity contribution in [2.24, 2.45) is 5.92 Å². The number of aliphatic hydroxyl groups is 1. The average molecular weight is 344 g/mol. The van der Waals surface area contributed by atoms with Gasteiger partial charge in [-0.15, -0.1) is 0 Å². The van der Waals surface area contributed by atoms with Gasteiger partial charge < -0.3 is 14.7 Å². The normalized spacial score (nSPS) is 11.8. The molecule has 1 aromatic carbocycles. The molecule has 1 atom stereocenters. The van der Waals surface area contributed by atoms with Crippen molar-refractivity contribution < 1.29 is 19.4 Å². The van der Waals surface area contributed by atoms with Crippen LogP contribution in [0.25, 0.3) is 0 Å². The third-order valence-corrected chi connectivity index (χ3v) is 3.37. The average Bonchev–Trinajstić information content (AvgIpc) is 2.45. The van der Waals surface area contributed by atoms with Gasteiger partial charge in [-0.3, -0.25) is 9.59 Å². The van der Waals surface area contributed by atoms with E-state index >= 15 is 0 Å². The summed E-state index contributed by atoms with van der Waals surface area (Å²) in [5, 5.41) is 9.07. The predicted octanol–water partition coefficient (Wildman–Crippen LogP) is 1.69. The molecule has 1 amide bonds. The van der Waals surface area contributed by atoms with E-state index in [1.54, 1.807) is 31.2 Å². The first-order chi connectivity index (χ1) is 9.49.